The van der Waals surface area contributed by atoms with Crippen LogP contribution < -0.4 is 0 Å². The van der Waals surface area contributed by atoms with Crippen LogP contribution in [-0.2, 0) is 0 Å². The average molecular weight is 246 g/mol. The van der Waals surface area contributed by atoms with Crippen LogP contribution in [0.1, 0.15) is 16.7 Å². The van der Waals surface area contributed by atoms with Gasteiger partial charge in [0.15, 0.2) is 0 Å². The fourth-order valence-corrected chi connectivity index (χ4v) is 2.56. The second-order valence-corrected chi connectivity index (χ2v) is 4.86. The van der Waals surface area contributed by atoms with Crippen LogP contribution in [0, 0.1) is 25.2 Å². The highest BCUT2D eigenvalue weighted by Gasteiger charge is 2.11. The monoisotopic (exact) mass is 246 g/mol. The van der Waals surface area contributed by atoms with Crippen molar-refractivity contribution in [2.24, 2.45) is 0 Å². The molecule has 2 heteroatoms. The molecule has 0 radical (unpaired) electrons. The zero-order chi connectivity index (χ0) is 13.4. The van der Waals surface area contributed by atoms with Gasteiger partial charge in [-0.25, -0.2) is 0 Å². The summed E-state index contributed by atoms with van der Waals surface area (Å²) in [6.45, 7) is 4.13. The molecule has 0 saturated heterocycles. The molecule has 0 spiro atoms. The second kappa shape index (κ2) is 4.29. The molecular weight excluding hydrogens is 232 g/mol. The Bertz CT molecular complexity index is 804. The van der Waals surface area contributed by atoms with Gasteiger partial charge in [0.1, 0.15) is 6.07 Å². The number of nitriles is 1. The van der Waals surface area contributed by atoms with E-state index in [0.29, 0.717) is 5.56 Å². The van der Waals surface area contributed by atoms with Crippen LogP contribution >= 0.6 is 0 Å². The molecule has 0 aliphatic rings. The molecule has 0 aliphatic heterocycles. The van der Waals surface area contributed by atoms with Gasteiger partial charge in [-0.2, -0.15) is 5.26 Å². The molecule has 0 fully saturated rings. The van der Waals surface area contributed by atoms with Crippen molar-refractivity contribution in [3.63, 3.8) is 0 Å². The molecule has 0 saturated carbocycles. The van der Waals surface area contributed by atoms with Crippen LogP contribution in [0.2, 0.25) is 0 Å². The highest BCUT2D eigenvalue weighted by Crippen LogP contribution is 2.32. The number of hydrogen-bond donors (Lipinski definition) is 1. The molecule has 92 valence electrons. The van der Waals surface area contributed by atoms with E-state index in [-0.39, 0.29) is 0 Å². The molecule has 0 atom stereocenters. The normalized spacial score (nSPS) is 10.6. The number of hydrogen-bond acceptors (Lipinski definition) is 1. The van der Waals surface area contributed by atoms with Crippen molar-refractivity contribution < 1.29 is 0 Å². The maximum Gasteiger partial charge on any atom is 0.101 e. The second-order valence-electron chi connectivity index (χ2n) is 4.86. The van der Waals surface area contributed by atoms with E-state index in [4.69, 9.17) is 0 Å². The fourth-order valence-electron chi connectivity index (χ4n) is 2.56. The number of H-pyrrole nitrogens is 1. The van der Waals surface area contributed by atoms with Gasteiger partial charge in [0.25, 0.3) is 0 Å². The first-order chi connectivity index (χ1) is 9.20. The fraction of sp³-hybridized carbons (Fsp3) is 0.118. The summed E-state index contributed by atoms with van der Waals surface area (Å²) in [5, 5.41) is 10.2. The summed E-state index contributed by atoms with van der Waals surface area (Å²) in [7, 11) is 0. The van der Waals surface area contributed by atoms with E-state index in [1.54, 1.807) is 6.20 Å². The SMILES string of the molecule is Cc1cccc(-c2ccc(C)c3c(C#N)c[nH]c23)c1. The molecule has 0 aliphatic carbocycles. The summed E-state index contributed by atoms with van der Waals surface area (Å²) in [5.41, 5.74) is 6.44. The molecule has 1 N–H and O–H groups in total. The van der Waals surface area contributed by atoms with Crippen LogP contribution in [0.5, 0.6) is 0 Å². The van der Waals surface area contributed by atoms with Gasteiger partial charge in [0.2, 0.25) is 0 Å². The maximum atomic E-state index is 9.18. The van der Waals surface area contributed by atoms with Crippen molar-refractivity contribution in [3.05, 3.63) is 59.3 Å². The van der Waals surface area contributed by atoms with Gasteiger partial charge < -0.3 is 4.98 Å². The van der Waals surface area contributed by atoms with Crippen LogP contribution in [0.3, 0.4) is 0 Å². The van der Waals surface area contributed by atoms with Crippen molar-refractivity contribution in [3.8, 4) is 17.2 Å². The lowest BCUT2D eigenvalue weighted by atomic mass is 9.98. The van der Waals surface area contributed by atoms with E-state index in [0.717, 1.165) is 22.0 Å². The number of aryl methyl sites for hydroxylation is 2. The number of nitrogens with one attached hydrogen (secondary N) is 1. The van der Waals surface area contributed by atoms with E-state index in [1.807, 2.05) is 6.92 Å². The van der Waals surface area contributed by atoms with E-state index in [2.05, 4.69) is 54.4 Å². The van der Waals surface area contributed by atoms with Gasteiger partial charge in [0, 0.05) is 17.1 Å². The molecule has 0 amide bonds. The van der Waals surface area contributed by atoms with Gasteiger partial charge in [-0.3, -0.25) is 0 Å². The Morgan fingerprint density at radius 2 is 1.95 bits per heavy atom. The Hall–Kier alpha value is -2.53. The summed E-state index contributed by atoms with van der Waals surface area (Å²) < 4.78 is 0. The number of benzene rings is 2. The van der Waals surface area contributed by atoms with E-state index >= 15 is 0 Å². The zero-order valence-corrected chi connectivity index (χ0v) is 11.0. The third-order valence-electron chi connectivity index (χ3n) is 3.49. The molecule has 0 bridgehead atoms. The number of fused-ring (bicyclic) bond motifs is 1. The molecule has 1 aromatic heterocycles. The predicted molar refractivity (Wildman–Crippen MR) is 77.9 cm³/mol. The lowest BCUT2D eigenvalue weighted by Gasteiger charge is -2.07. The number of rotatable bonds is 1. The molecule has 3 aromatic rings. The average Bonchev–Trinajstić information content (AvgIpc) is 2.84. The van der Waals surface area contributed by atoms with Crippen LogP contribution in [0.15, 0.2) is 42.6 Å². The smallest absolute Gasteiger partial charge is 0.101 e. The summed E-state index contributed by atoms with van der Waals surface area (Å²) >= 11 is 0. The largest absolute Gasteiger partial charge is 0.359 e. The van der Waals surface area contributed by atoms with E-state index < -0.39 is 0 Å². The van der Waals surface area contributed by atoms with Crippen LogP contribution in [0.25, 0.3) is 22.0 Å². The van der Waals surface area contributed by atoms with Gasteiger partial charge in [-0.15, -0.1) is 0 Å². The maximum absolute atomic E-state index is 9.18. The van der Waals surface area contributed by atoms with Crippen molar-refractivity contribution >= 4 is 10.9 Å². The Kier molecular flexibility index (Phi) is 2.61. The first kappa shape index (κ1) is 11.6. The van der Waals surface area contributed by atoms with Crippen molar-refractivity contribution in [1.29, 1.82) is 5.26 Å². The quantitative estimate of drug-likeness (QED) is 0.682. The first-order valence-electron chi connectivity index (χ1n) is 6.28. The van der Waals surface area contributed by atoms with Gasteiger partial charge >= 0.3 is 0 Å². The molecule has 2 nitrogen and oxygen atoms in total. The van der Waals surface area contributed by atoms with Gasteiger partial charge in [-0.1, -0.05) is 42.0 Å². The van der Waals surface area contributed by atoms with Gasteiger partial charge in [-0.05, 0) is 25.0 Å². The third-order valence-corrected chi connectivity index (χ3v) is 3.49. The van der Waals surface area contributed by atoms with E-state index in [1.165, 1.54) is 11.1 Å². The minimum atomic E-state index is 0.710. The molecule has 1 heterocycles. The lowest BCUT2D eigenvalue weighted by Crippen LogP contribution is -1.84. The number of aromatic nitrogens is 1. The summed E-state index contributed by atoms with van der Waals surface area (Å²) in [4.78, 5) is 3.24. The highest BCUT2D eigenvalue weighted by molar-refractivity contribution is 5.99. The Morgan fingerprint density at radius 1 is 1.11 bits per heavy atom. The molecule has 0 unspecified atom stereocenters. The number of aromatic amines is 1. The van der Waals surface area contributed by atoms with Crippen LogP contribution in [0.4, 0.5) is 0 Å². The molecule has 19 heavy (non-hydrogen) atoms. The van der Waals surface area contributed by atoms with Crippen molar-refractivity contribution in [2.75, 3.05) is 0 Å². The number of nitrogens with zero attached hydrogens (tertiary/aromatic N) is 1. The summed E-state index contributed by atoms with van der Waals surface area (Å²) in [5.74, 6) is 0. The Balaban J connectivity index is 2.35. The summed E-state index contributed by atoms with van der Waals surface area (Å²) in [6, 6.07) is 14.9. The first-order valence-corrected chi connectivity index (χ1v) is 6.28. The topological polar surface area (TPSA) is 39.6 Å². The van der Waals surface area contributed by atoms with Crippen molar-refractivity contribution in [1.82, 2.24) is 4.98 Å². The Labute approximate surface area is 112 Å². The minimum Gasteiger partial charge on any atom is -0.359 e. The summed E-state index contributed by atoms with van der Waals surface area (Å²) in [6.07, 6.45) is 1.79. The predicted octanol–water partition coefficient (Wildman–Crippen LogP) is 4.32. The Morgan fingerprint density at radius 3 is 2.68 bits per heavy atom. The third kappa shape index (κ3) is 1.80. The van der Waals surface area contributed by atoms with Crippen molar-refractivity contribution in [2.45, 2.75) is 13.8 Å². The molecule has 3 rings (SSSR count). The molecule has 2 aromatic carbocycles. The minimum absolute atomic E-state index is 0.710. The van der Waals surface area contributed by atoms with E-state index in [9.17, 15) is 5.26 Å². The highest BCUT2D eigenvalue weighted by atomic mass is 14.7. The zero-order valence-electron chi connectivity index (χ0n) is 11.0. The standard InChI is InChI=1S/C17H14N2/c1-11-4-3-5-13(8-11)15-7-6-12(2)16-14(9-18)10-19-17(15)16/h3-8,10,19H,1-2H3. The molecular formula is C17H14N2. The lowest BCUT2D eigenvalue weighted by molar-refractivity contribution is 1.43. The van der Waals surface area contributed by atoms with Crippen LogP contribution in [-0.4, -0.2) is 4.98 Å². The van der Waals surface area contributed by atoms with Gasteiger partial charge in [0.05, 0.1) is 11.1 Å².